The van der Waals surface area contributed by atoms with Gasteiger partial charge >= 0.3 is 0 Å². The summed E-state index contributed by atoms with van der Waals surface area (Å²) in [5, 5.41) is 4.27. The maximum Gasteiger partial charge on any atom is 0.0409 e. The number of hydrogen-bond donors (Lipinski definition) is 1. The lowest BCUT2D eigenvalue weighted by molar-refractivity contribution is 0.574. The first kappa shape index (κ1) is 15.0. The molecule has 0 aliphatic carbocycles. The van der Waals surface area contributed by atoms with Crippen molar-refractivity contribution in [3.8, 4) is 0 Å². The van der Waals surface area contributed by atoms with E-state index in [0.29, 0.717) is 0 Å². The molecule has 19 heavy (non-hydrogen) atoms. The molecule has 1 nitrogen and oxygen atoms in total. The first-order valence-electron chi connectivity index (χ1n) is 5.99. The molecule has 2 aromatic rings. The SMILES string of the molecule is C[C@@H](NCc1ccc(Br)c(Br)c1)c1cccc(Cl)c1. The predicted molar refractivity (Wildman–Crippen MR) is 88.5 cm³/mol. The van der Waals surface area contributed by atoms with Crippen LogP contribution < -0.4 is 5.32 Å². The van der Waals surface area contributed by atoms with E-state index < -0.39 is 0 Å². The summed E-state index contributed by atoms with van der Waals surface area (Å²) >= 11 is 13.0. The van der Waals surface area contributed by atoms with E-state index >= 15 is 0 Å². The highest BCUT2D eigenvalue weighted by Gasteiger charge is 2.06. The maximum atomic E-state index is 6.01. The molecule has 0 aliphatic rings. The van der Waals surface area contributed by atoms with Gasteiger partial charge < -0.3 is 5.32 Å². The Kier molecular flexibility index (Phi) is 5.46. The minimum Gasteiger partial charge on any atom is -0.306 e. The number of hydrogen-bond acceptors (Lipinski definition) is 1. The fourth-order valence-corrected chi connectivity index (χ4v) is 2.69. The topological polar surface area (TPSA) is 12.0 Å². The lowest BCUT2D eigenvalue weighted by atomic mass is 10.1. The third-order valence-corrected chi connectivity index (χ3v) is 5.06. The predicted octanol–water partition coefficient (Wildman–Crippen LogP) is 5.72. The van der Waals surface area contributed by atoms with Crippen LogP contribution in [-0.4, -0.2) is 0 Å². The molecule has 0 bridgehead atoms. The van der Waals surface area contributed by atoms with E-state index in [2.05, 4.69) is 62.3 Å². The summed E-state index contributed by atoms with van der Waals surface area (Å²) < 4.78 is 2.14. The summed E-state index contributed by atoms with van der Waals surface area (Å²) in [7, 11) is 0. The highest BCUT2D eigenvalue weighted by Crippen LogP contribution is 2.24. The second-order valence-electron chi connectivity index (χ2n) is 4.41. The Bertz CT molecular complexity index is 572. The van der Waals surface area contributed by atoms with E-state index in [0.717, 1.165) is 20.5 Å². The fraction of sp³-hybridized carbons (Fsp3) is 0.200. The van der Waals surface area contributed by atoms with Gasteiger partial charge in [-0.15, -0.1) is 0 Å². The van der Waals surface area contributed by atoms with Crippen LogP contribution in [0.4, 0.5) is 0 Å². The summed E-state index contributed by atoms with van der Waals surface area (Å²) in [4.78, 5) is 0. The number of nitrogens with one attached hydrogen (secondary N) is 1. The van der Waals surface area contributed by atoms with Crippen LogP contribution in [-0.2, 0) is 6.54 Å². The van der Waals surface area contributed by atoms with Crippen molar-refractivity contribution in [2.75, 3.05) is 0 Å². The Balaban J connectivity index is 2.00. The monoisotopic (exact) mass is 401 g/mol. The third kappa shape index (κ3) is 4.32. The van der Waals surface area contributed by atoms with Gasteiger partial charge in [0.05, 0.1) is 0 Å². The van der Waals surface area contributed by atoms with E-state index in [1.165, 1.54) is 11.1 Å². The minimum absolute atomic E-state index is 0.265. The molecule has 1 atom stereocenters. The minimum atomic E-state index is 0.265. The van der Waals surface area contributed by atoms with Crippen molar-refractivity contribution >= 4 is 43.5 Å². The highest BCUT2D eigenvalue weighted by atomic mass is 79.9. The van der Waals surface area contributed by atoms with E-state index in [1.807, 2.05) is 24.3 Å². The van der Waals surface area contributed by atoms with Crippen LogP contribution in [0, 0.1) is 0 Å². The van der Waals surface area contributed by atoms with Crippen molar-refractivity contribution in [3.63, 3.8) is 0 Å². The largest absolute Gasteiger partial charge is 0.306 e. The average Bonchev–Trinajstić information content (AvgIpc) is 2.40. The molecular weight excluding hydrogens is 389 g/mol. The molecule has 0 fully saturated rings. The number of benzene rings is 2. The molecule has 0 saturated heterocycles. The molecule has 100 valence electrons. The summed E-state index contributed by atoms with van der Waals surface area (Å²) in [5.74, 6) is 0. The first-order valence-corrected chi connectivity index (χ1v) is 7.95. The fourth-order valence-electron chi connectivity index (χ4n) is 1.81. The molecule has 0 heterocycles. The van der Waals surface area contributed by atoms with Crippen molar-refractivity contribution in [1.29, 1.82) is 0 Å². The summed E-state index contributed by atoms with van der Waals surface area (Å²) in [6.07, 6.45) is 0. The molecule has 1 N–H and O–H groups in total. The normalized spacial score (nSPS) is 12.4. The van der Waals surface area contributed by atoms with Gasteiger partial charge in [0.1, 0.15) is 0 Å². The lowest BCUT2D eigenvalue weighted by Gasteiger charge is -2.15. The molecule has 0 amide bonds. The molecule has 4 heteroatoms. The van der Waals surface area contributed by atoms with Crippen LogP contribution >= 0.6 is 43.5 Å². The Labute approximate surface area is 135 Å². The van der Waals surface area contributed by atoms with Crippen molar-refractivity contribution in [1.82, 2.24) is 5.32 Å². The third-order valence-electron chi connectivity index (χ3n) is 2.95. The van der Waals surface area contributed by atoms with Crippen LogP contribution in [0.3, 0.4) is 0 Å². The number of rotatable bonds is 4. The molecule has 0 aromatic heterocycles. The van der Waals surface area contributed by atoms with Crippen molar-refractivity contribution in [2.45, 2.75) is 19.5 Å². The van der Waals surface area contributed by atoms with E-state index in [-0.39, 0.29) is 6.04 Å². The van der Waals surface area contributed by atoms with Gasteiger partial charge in [-0.25, -0.2) is 0 Å². The van der Waals surface area contributed by atoms with Crippen LogP contribution in [0.2, 0.25) is 5.02 Å². The second-order valence-corrected chi connectivity index (χ2v) is 6.55. The quantitative estimate of drug-likeness (QED) is 0.689. The maximum absolute atomic E-state index is 6.01. The lowest BCUT2D eigenvalue weighted by Crippen LogP contribution is -2.18. The van der Waals surface area contributed by atoms with E-state index in [1.54, 1.807) is 0 Å². The summed E-state index contributed by atoms with van der Waals surface area (Å²) in [6, 6.07) is 14.5. The van der Waals surface area contributed by atoms with Gasteiger partial charge in [0.2, 0.25) is 0 Å². The highest BCUT2D eigenvalue weighted by molar-refractivity contribution is 9.13. The summed E-state index contributed by atoms with van der Waals surface area (Å²) in [5.41, 5.74) is 2.44. The standard InChI is InChI=1S/C15H14Br2ClN/c1-10(12-3-2-4-13(18)8-12)19-9-11-5-6-14(16)15(17)7-11/h2-8,10,19H,9H2,1H3/t10-/m1/s1. The molecule has 0 aliphatic heterocycles. The molecule has 0 spiro atoms. The molecule has 2 rings (SSSR count). The van der Waals surface area contributed by atoms with Crippen molar-refractivity contribution < 1.29 is 0 Å². The Morgan fingerprint density at radius 2 is 1.89 bits per heavy atom. The smallest absolute Gasteiger partial charge is 0.0409 e. The zero-order valence-electron chi connectivity index (χ0n) is 10.5. The summed E-state index contributed by atoms with van der Waals surface area (Å²) in [6.45, 7) is 2.96. The molecule has 0 unspecified atom stereocenters. The van der Waals surface area contributed by atoms with Gasteiger partial charge in [-0.1, -0.05) is 29.8 Å². The van der Waals surface area contributed by atoms with Crippen LogP contribution in [0.15, 0.2) is 51.4 Å². The average molecular weight is 404 g/mol. The van der Waals surface area contributed by atoms with E-state index in [9.17, 15) is 0 Å². The van der Waals surface area contributed by atoms with Gasteiger partial charge in [0.15, 0.2) is 0 Å². The second kappa shape index (κ2) is 6.89. The van der Waals surface area contributed by atoms with Crippen LogP contribution in [0.1, 0.15) is 24.1 Å². The zero-order valence-corrected chi connectivity index (χ0v) is 14.4. The molecule has 2 aromatic carbocycles. The Hall–Kier alpha value is -0.350. The van der Waals surface area contributed by atoms with Crippen molar-refractivity contribution in [3.05, 3.63) is 67.6 Å². The van der Waals surface area contributed by atoms with E-state index in [4.69, 9.17) is 11.6 Å². The number of halogens is 3. The Morgan fingerprint density at radius 1 is 1.11 bits per heavy atom. The van der Waals surface area contributed by atoms with Crippen molar-refractivity contribution in [2.24, 2.45) is 0 Å². The molecular formula is C15H14Br2ClN. The van der Waals surface area contributed by atoms with Gasteiger partial charge in [-0.3, -0.25) is 0 Å². The molecule has 0 saturated carbocycles. The van der Waals surface area contributed by atoms with Gasteiger partial charge in [0.25, 0.3) is 0 Å². The van der Waals surface area contributed by atoms with Gasteiger partial charge in [0, 0.05) is 26.6 Å². The van der Waals surface area contributed by atoms with Crippen LogP contribution in [0.25, 0.3) is 0 Å². The van der Waals surface area contributed by atoms with Gasteiger partial charge in [-0.05, 0) is 74.2 Å². The van der Waals surface area contributed by atoms with Crippen LogP contribution in [0.5, 0.6) is 0 Å². The molecule has 0 radical (unpaired) electrons. The first-order chi connectivity index (χ1) is 9.06. The Morgan fingerprint density at radius 3 is 2.58 bits per heavy atom. The van der Waals surface area contributed by atoms with Gasteiger partial charge in [-0.2, -0.15) is 0 Å². The zero-order chi connectivity index (χ0) is 13.8.